The summed E-state index contributed by atoms with van der Waals surface area (Å²) in [5, 5.41) is 16.2. The van der Waals surface area contributed by atoms with Gasteiger partial charge in [0.2, 0.25) is 17.7 Å². The van der Waals surface area contributed by atoms with Crippen molar-refractivity contribution in [2.75, 3.05) is 5.32 Å². The fraction of sp³-hybridized carbons (Fsp3) is 0.423. The summed E-state index contributed by atoms with van der Waals surface area (Å²) in [7, 11) is 0. The van der Waals surface area contributed by atoms with E-state index in [0.717, 1.165) is 27.9 Å². The molecule has 33 heavy (non-hydrogen) atoms. The van der Waals surface area contributed by atoms with E-state index in [4.69, 9.17) is 0 Å². The molecule has 5 unspecified atom stereocenters. The Bertz CT molecular complexity index is 1170. The number of benzene rings is 2. The smallest absolute Gasteiger partial charge is 0.250 e. The van der Waals surface area contributed by atoms with Gasteiger partial charge < -0.3 is 10.4 Å². The standard InChI is InChI=1S/C26H29N3O4/c1-5-15(4)29-23(31)20-19(12-16-6-8-17(30)9-7-16)28-26(21(20)24(29)32)18-11-13(2)10-14(3)22(18)27-25(26)33/h6-11,15,19-21,28,30H,5,12H2,1-4H3,(H,27,33). The van der Waals surface area contributed by atoms with Gasteiger partial charge in [0.25, 0.3) is 0 Å². The molecule has 3 aliphatic rings. The van der Waals surface area contributed by atoms with Crippen molar-refractivity contribution < 1.29 is 19.5 Å². The van der Waals surface area contributed by atoms with E-state index >= 15 is 0 Å². The Labute approximate surface area is 193 Å². The Morgan fingerprint density at radius 3 is 2.45 bits per heavy atom. The van der Waals surface area contributed by atoms with Gasteiger partial charge in [-0.3, -0.25) is 24.6 Å². The van der Waals surface area contributed by atoms with E-state index in [1.54, 1.807) is 12.1 Å². The van der Waals surface area contributed by atoms with Crippen molar-refractivity contribution in [2.45, 2.75) is 58.2 Å². The molecule has 0 radical (unpaired) electrons. The van der Waals surface area contributed by atoms with E-state index in [2.05, 4.69) is 10.6 Å². The molecule has 5 rings (SSSR count). The lowest BCUT2D eigenvalue weighted by atomic mass is 9.75. The maximum absolute atomic E-state index is 13.8. The predicted molar refractivity (Wildman–Crippen MR) is 124 cm³/mol. The molecule has 7 nitrogen and oxygen atoms in total. The first kappa shape index (κ1) is 21.6. The van der Waals surface area contributed by atoms with Crippen molar-refractivity contribution >= 4 is 23.4 Å². The molecule has 3 amide bonds. The second kappa shape index (κ2) is 7.42. The Balaban J connectivity index is 1.66. The number of likely N-dealkylation sites (tertiary alicyclic amines) is 1. The topological polar surface area (TPSA) is 98.7 Å². The van der Waals surface area contributed by atoms with Crippen LogP contribution in [0.15, 0.2) is 36.4 Å². The number of hydrogen-bond donors (Lipinski definition) is 3. The summed E-state index contributed by atoms with van der Waals surface area (Å²) in [4.78, 5) is 42.4. The summed E-state index contributed by atoms with van der Waals surface area (Å²) in [6, 6.07) is 10.2. The zero-order valence-electron chi connectivity index (χ0n) is 19.3. The van der Waals surface area contributed by atoms with Gasteiger partial charge in [-0.15, -0.1) is 0 Å². The molecule has 2 fully saturated rings. The number of amides is 3. The number of nitrogens with one attached hydrogen (secondary N) is 2. The first-order valence-electron chi connectivity index (χ1n) is 11.5. The van der Waals surface area contributed by atoms with Crippen LogP contribution in [0.4, 0.5) is 5.69 Å². The van der Waals surface area contributed by atoms with Gasteiger partial charge in [0.15, 0.2) is 0 Å². The Morgan fingerprint density at radius 1 is 1.09 bits per heavy atom. The van der Waals surface area contributed by atoms with Crippen LogP contribution in [0.25, 0.3) is 0 Å². The van der Waals surface area contributed by atoms with Gasteiger partial charge in [0.1, 0.15) is 11.3 Å². The maximum Gasteiger partial charge on any atom is 0.250 e. The Morgan fingerprint density at radius 2 is 1.79 bits per heavy atom. The lowest BCUT2D eigenvalue weighted by molar-refractivity contribution is -0.145. The number of nitrogens with zero attached hydrogens (tertiary/aromatic N) is 1. The summed E-state index contributed by atoms with van der Waals surface area (Å²) in [6.45, 7) is 7.74. The number of phenolic OH excluding ortho intramolecular Hbond substituents is 1. The third-order valence-electron chi connectivity index (χ3n) is 7.62. The summed E-state index contributed by atoms with van der Waals surface area (Å²) >= 11 is 0. The number of hydrogen-bond acceptors (Lipinski definition) is 5. The molecule has 2 aromatic carbocycles. The molecule has 2 aromatic rings. The minimum absolute atomic E-state index is 0.164. The molecular weight excluding hydrogens is 418 g/mol. The van der Waals surface area contributed by atoms with Gasteiger partial charge in [-0.05, 0) is 56.9 Å². The maximum atomic E-state index is 13.8. The zero-order valence-corrected chi connectivity index (χ0v) is 19.3. The average molecular weight is 448 g/mol. The second-order valence-corrected chi connectivity index (χ2v) is 9.70. The first-order valence-corrected chi connectivity index (χ1v) is 11.5. The molecule has 172 valence electrons. The highest BCUT2D eigenvalue weighted by atomic mass is 16.3. The van der Waals surface area contributed by atoms with Gasteiger partial charge >= 0.3 is 0 Å². The van der Waals surface area contributed by atoms with Gasteiger partial charge in [-0.25, -0.2) is 0 Å². The fourth-order valence-corrected chi connectivity index (χ4v) is 5.96. The molecule has 2 saturated heterocycles. The quantitative estimate of drug-likeness (QED) is 0.626. The minimum atomic E-state index is -1.28. The number of aromatic hydroxyl groups is 1. The molecule has 0 saturated carbocycles. The van der Waals surface area contributed by atoms with Gasteiger partial charge in [-0.1, -0.05) is 36.8 Å². The number of anilines is 1. The van der Waals surface area contributed by atoms with Crippen molar-refractivity contribution in [3.8, 4) is 5.75 Å². The fourth-order valence-electron chi connectivity index (χ4n) is 5.96. The van der Waals surface area contributed by atoms with E-state index < -0.39 is 23.4 Å². The summed E-state index contributed by atoms with van der Waals surface area (Å²) in [5.74, 6) is -2.04. The lowest BCUT2D eigenvalue weighted by Gasteiger charge is -2.31. The van der Waals surface area contributed by atoms with Crippen LogP contribution >= 0.6 is 0 Å². The van der Waals surface area contributed by atoms with Gasteiger partial charge in [0.05, 0.1) is 11.8 Å². The van der Waals surface area contributed by atoms with E-state index in [1.165, 1.54) is 4.90 Å². The van der Waals surface area contributed by atoms with Crippen molar-refractivity contribution in [1.82, 2.24) is 10.2 Å². The molecule has 3 aliphatic heterocycles. The zero-order chi connectivity index (χ0) is 23.7. The normalized spacial score (nSPS) is 28.9. The van der Waals surface area contributed by atoms with Crippen LogP contribution in [0.1, 0.15) is 42.5 Å². The number of phenols is 1. The van der Waals surface area contributed by atoms with Crippen molar-refractivity contribution in [3.63, 3.8) is 0 Å². The van der Waals surface area contributed by atoms with Crippen molar-refractivity contribution in [3.05, 3.63) is 58.7 Å². The molecule has 3 N–H and O–H groups in total. The molecular formula is C26H29N3O4. The first-order chi connectivity index (χ1) is 15.7. The number of carbonyl (C=O) groups is 3. The summed E-state index contributed by atoms with van der Waals surface area (Å²) in [6.07, 6.45) is 1.12. The van der Waals surface area contributed by atoms with Crippen LogP contribution in [-0.2, 0) is 26.3 Å². The number of imide groups is 1. The number of aryl methyl sites for hydroxylation is 2. The lowest BCUT2D eigenvalue weighted by Crippen LogP contribution is -2.54. The summed E-state index contributed by atoms with van der Waals surface area (Å²) < 4.78 is 0. The SMILES string of the molecule is CCC(C)N1C(=O)C2C(Cc3ccc(O)cc3)NC3(C(=O)Nc4c(C)cc(C)cc43)C2C1=O. The number of fused-ring (bicyclic) bond motifs is 4. The largest absolute Gasteiger partial charge is 0.508 e. The number of carbonyl (C=O) groups excluding carboxylic acids is 3. The van der Waals surface area contributed by atoms with Crippen molar-refractivity contribution in [1.29, 1.82) is 0 Å². The third-order valence-corrected chi connectivity index (χ3v) is 7.62. The second-order valence-electron chi connectivity index (χ2n) is 9.70. The van der Waals surface area contributed by atoms with Crippen LogP contribution in [-0.4, -0.2) is 39.8 Å². The van der Waals surface area contributed by atoms with E-state index in [9.17, 15) is 19.5 Å². The molecule has 1 spiro atoms. The van der Waals surface area contributed by atoms with E-state index in [0.29, 0.717) is 12.8 Å². The monoisotopic (exact) mass is 447 g/mol. The average Bonchev–Trinajstić information content (AvgIpc) is 3.35. The van der Waals surface area contributed by atoms with Gasteiger partial charge in [0, 0.05) is 23.3 Å². The highest BCUT2D eigenvalue weighted by molar-refractivity contribution is 6.15. The third kappa shape index (κ3) is 2.95. The highest BCUT2D eigenvalue weighted by Crippen LogP contribution is 2.54. The molecule has 0 aromatic heterocycles. The van der Waals surface area contributed by atoms with E-state index in [-0.39, 0.29) is 29.5 Å². The summed E-state index contributed by atoms with van der Waals surface area (Å²) in [5.41, 5.74) is 3.05. The van der Waals surface area contributed by atoms with Crippen LogP contribution in [0.5, 0.6) is 5.75 Å². The predicted octanol–water partition coefficient (Wildman–Crippen LogP) is 2.77. The van der Waals surface area contributed by atoms with Crippen LogP contribution in [0, 0.1) is 25.7 Å². The molecule has 0 bridgehead atoms. The Kier molecular flexibility index (Phi) is 4.86. The Hall–Kier alpha value is -3.19. The van der Waals surface area contributed by atoms with Crippen LogP contribution < -0.4 is 10.6 Å². The number of rotatable bonds is 4. The molecule has 5 atom stereocenters. The molecule has 3 heterocycles. The molecule has 0 aliphatic carbocycles. The van der Waals surface area contributed by atoms with Crippen LogP contribution in [0.3, 0.4) is 0 Å². The molecule has 7 heteroatoms. The van der Waals surface area contributed by atoms with Crippen molar-refractivity contribution in [2.24, 2.45) is 11.8 Å². The van der Waals surface area contributed by atoms with Gasteiger partial charge in [-0.2, -0.15) is 0 Å². The van der Waals surface area contributed by atoms with Crippen LogP contribution in [0.2, 0.25) is 0 Å². The van der Waals surface area contributed by atoms with E-state index in [1.807, 2.05) is 52.0 Å². The minimum Gasteiger partial charge on any atom is -0.508 e. The highest BCUT2D eigenvalue weighted by Gasteiger charge is 2.70.